The van der Waals surface area contributed by atoms with Gasteiger partial charge in [-0.3, -0.25) is 4.79 Å². The molecule has 0 aromatic heterocycles. The standard InChI is InChI=1S/C30H52O2/c1-6-7-8-9-10-11-12-13-14-15-16-17-18-19-20-21-29(31)26-22-27(24(2)3)30(32)28(23-26)25(4)5/h22-25,32H,6-21H2,1-5H3. The Balaban J connectivity index is 2.16. The van der Waals surface area contributed by atoms with Crippen molar-refractivity contribution in [1.82, 2.24) is 0 Å². The van der Waals surface area contributed by atoms with Crippen molar-refractivity contribution in [1.29, 1.82) is 0 Å². The number of Topliss-reactive ketones (excluding diaryl/α,β-unsaturated/α-hetero) is 1. The van der Waals surface area contributed by atoms with Crippen LogP contribution in [0.5, 0.6) is 5.75 Å². The Kier molecular flexibility index (Phi) is 15.4. The predicted octanol–water partition coefficient (Wildman–Crippen LogP) is 10.1. The molecule has 0 radical (unpaired) electrons. The van der Waals surface area contributed by atoms with Crippen LogP contribution in [0.3, 0.4) is 0 Å². The van der Waals surface area contributed by atoms with Crippen molar-refractivity contribution >= 4 is 5.78 Å². The summed E-state index contributed by atoms with van der Waals surface area (Å²) in [4.78, 5) is 12.8. The number of aromatic hydroxyl groups is 1. The van der Waals surface area contributed by atoms with Crippen molar-refractivity contribution in [2.24, 2.45) is 0 Å². The maximum absolute atomic E-state index is 12.8. The van der Waals surface area contributed by atoms with Crippen LogP contribution in [-0.4, -0.2) is 10.9 Å². The van der Waals surface area contributed by atoms with E-state index in [-0.39, 0.29) is 17.6 Å². The van der Waals surface area contributed by atoms with E-state index in [1.807, 2.05) is 12.1 Å². The van der Waals surface area contributed by atoms with Crippen molar-refractivity contribution in [3.63, 3.8) is 0 Å². The number of carbonyl (C=O) groups excluding carboxylic acids is 1. The van der Waals surface area contributed by atoms with Crippen LogP contribution < -0.4 is 0 Å². The van der Waals surface area contributed by atoms with Gasteiger partial charge in [-0.2, -0.15) is 0 Å². The van der Waals surface area contributed by atoms with E-state index in [0.717, 1.165) is 29.5 Å². The summed E-state index contributed by atoms with van der Waals surface area (Å²) in [5, 5.41) is 10.5. The van der Waals surface area contributed by atoms with Crippen molar-refractivity contribution < 1.29 is 9.90 Å². The monoisotopic (exact) mass is 444 g/mol. The van der Waals surface area contributed by atoms with Crippen LogP contribution >= 0.6 is 0 Å². The molecule has 1 aromatic carbocycles. The fourth-order valence-corrected chi connectivity index (χ4v) is 4.52. The number of rotatable bonds is 19. The largest absolute Gasteiger partial charge is 0.507 e. The Bertz CT molecular complexity index is 601. The van der Waals surface area contributed by atoms with Crippen molar-refractivity contribution in [2.45, 2.75) is 149 Å². The molecule has 2 heteroatoms. The van der Waals surface area contributed by atoms with E-state index in [1.54, 1.807) is 0 Å². The number of ketones is 1. The summed E-state index contributed by atoms with van der Waals surface area (Å²) < 4.78 is 0. The number of hydrogen-bond acceptors (Lipinski definition) is 2. The first-order valence-electron chi connectivity index (χ1n) is 13.8. The lowest BCUT2D eigenvalue weighted by Gasteiger charge is -2.17. The summed E-state index contributed by atoms with van der Waals surface area (Å²) in [6.07, 6.45) is 20.7. The van der Waals surface area contributed by atoms with Crippen LogP contribution in [0.25, 0.3) is 0 Å². The van der Waals surface area contributed by atoms with Gasteiger partial charge < -0.3 is 5.11 Å². The average Bonchev–Trinajstić information content (AvgIpc) is 2.76. The zero-order valence-corrected chi connectivity index (χ0v) is 22.0. The highest BCUT2D eigenvalue weighted by molar-refractivity contribution is 5.96. The molecule has 1 rings (SSSR count). The molecule has 0 amide bonds. The van der Waals surface area contributed by atoms with Crippen LogP contribution in [0.4, 0.5) is 0 Å². The number of phenols is 1. The topological polar surface area (TPSA) is 37.3 Å². The fraction of sp³-hybridized carbons (Fsp3) is 0.767. The molecule has 0 bridgehead atoms. The molecule has 0 atom stereocenters. The van der Waals surface area contributed by atoms with Gasteiger partial charge in [-0.1, -0.05) is 125 Å². The first kappa shape index (κ1) is 28.7. The van der Waals surface area contributed by atoms with E-state index in [4.69, 9.17) is 0 Å². The predicted molar refractivity (Wildman–Crippen MR) is 140 cm³/mol. The Morgan fingerprint density at radius 2 is 1.00 bits per heavy atom. The molecule has 0 unspecified atom stereocenters. The Morgan fingerprint density at radius 3 is 1.34 bits per heavy atom. The molecule has 0 spiro atoms. The van der Waals surface area contributed by atoms with Gasteiger partial charge in [-0.15, -0.1) is 0 Å². The summed E-state index contributed by atoms with van der Waals surface area (Å²) in [5.74, 6) is 1.03. The third-order valence-electron chi connectivity index (χ3n) is 6.74. The third-order valence-corrected chi connectivity index (χ3v) is 6.74. The lowest BCUT2D eigenvalue weighted by atomic mass is 9.89. The smallest absolute Gasteiger partial charge is 0.162 e. The first-order chi connectivity index (χ1) is 15.4. The molecule has 184 valence electrons. The Labute approximate surface area is 199 Å². The van der Waals surface area contributed by atoms with Crippen LogP contribution in [0.2, 0.25) is 0 Å². The third kappa shape index (κ3) is 11.5. The second-order valence-electron chi connectivity index (χ2n) is 10.4. The molecule has 0 saturated heterocycles. The zero-order valence-electron chi connectivity index (χ0n) is 22.0. The molecule has 0 heterocycles. The van der Waals surface area contributed by atoms with Gasteiger partial charge in [0.2, 0.25) is 0 Å². The van der Waals surface area contributed by atoms with E-state index in [1.165, 1.54) is 83.5 Å². The molecular weight excluding hydrogens is 392 g/mol. The summed E-state index contributed by atoms with van der Waals surface area (Å²) in [6, 6.07) is 3.83. The number of phenolic OH excluding ortho intramolecular Hbond substituents is 1. The zero-order chi connectivity index (χ0) is 23.8. The SMILES string of the molecule is CCCCCCCCCCCCCCCCCC(=O)c1cc(C(C)C)c(O)c(C(C)C)c1. The number of hydrogen-bond donors (Lipinski definition) is 1. The quantitative estimate of drug-likeness (QED) is 0.170. The average molecular weight is 445 g/mol. The number of carbonyl (C=O) groups is 1. The second-order valence-corrected chi connectivity index (χ2v) is 10.4. The van der Waals surface area contributed by atoms with Gasteiger partial charge >= 0.3 is 0 Å². The molecule has 1 aromatic rings. The van der Waals surface area contributed by atoms with Gasteiger partial charge in [0.25, 0.3) is 0 Å². The van der Waals surface area contributed by atoms with Crippen LogP contribution in [0.15, 0.2) is 12.1 Å². The Morgan fingerprint density at radius 1 is 0.656 bits per heavy atom. The normalized spacial score (nSPS) is 11.6. The molecular formula is C30H52O2. The summed E-state index contributed by atoms with van der Waals surface area (Å²) in [5.41, 5.74) is 2.58. The van der Waals surface area contributed by atoms with Gasteiger partial charge in [0.05, 0.1) is 0 Å². The molecule has 0 aliphatic rings. The lowest BCUT2D eigenvalue weighted by Crippen LogP contribution is -2.04. The highest BCUT2D eigenvalue weighted by atomic mass is 16.3. The van der Waals surface area contributed by atoms with Crippen molar-refractivity contribution in [3.8, 4) is 5.75 Å². The first-order valence-corrected chi connectivity index (χ1v) is 13.8. The molecule has 0 fully saturated rings. The minimum absolute atomic E-state index is 0.214. The summed E-state index contributed by atoms with van der Waals surface area (Å²) in [6.45, 7) is 10.6. The van der Waals surface area contributed by atoms with Crippen molar-refractivity contribution in [3.05, 3.63) is 28.8 Å². The van der Waals surface area contributed by atoms with Crippen LogP contribution in [0, 0.1) is 0 Å². The number of benzene rings is 1. The lowest BCUT2D eigenvalue weighted by molar-refractivity contribution is 0.0979. The van der Waals surface area contributed by atoms with Gasteiger partial charge in [0.1, 0.15) is 5.75 Å². The molecule has 1 N–H and O–H groups in total. The van der Waals surface area contributed by atoms with Gasteiger partial charge in [-0.25, -0.2) is 0 Å². The molecule has 32 heavy (non-hydrogen) atoms. The van der Waals surface area contributed by atoms with Crippen LogP contribution in [0.1, 0.15) is 171 Å². The van der Waals surface area contributed by atoms with E-state index in [2.05, 4.69) is 34.6 Å². The van der Waals surface area contributed by atoms with E-state index >= 15 is 0 Å². The minimum atomic E-state index is 0.214. The fourth-order valence-electron chi connectivity index (χ4n) is 4.52. The second kappa shape index (κ2) is 17.2. The highest BCUT2D eigenvalue weighted by Gasteiger charge is 2.17. The molecule has 2 nitrogen and oxygen atoms in total. The van der Waals surface area contributed by atoms with Gasteiger partial charge in [-0.05, 0) is 41.5 Å². The summed E-state index contributed by atoms with van der Waals surface area (Å²) in [7, 11) is 0. The van der Waals surface area contributed by atoms with Crippen molar-refractivity contribution in [2.75, 3.05) is 0 Å². The summed E-state index contributed by atoms with van der Waals surface area (Å²) >= 11 is 0. The highest BCUT2D eigenvalue weighted by Crippen LogP contribution is 2.35. The maximum atomic E-state index is 12.8. The Hall–Kier alpha value is -1.31. The minimum Gasteiger partial charge on any atom is -0.507 e. The van der Waals surface area contributed by atoms with E-state index < -0.39 is 0 Å². The molecule has 0 saturated carbocycles. The van der Waals surface area contributed by atoms with E-state index in [9.17, 15) is 9.90 Å². The van der Waals surface area contributed by atoms with Crippen LogP contribution in [-0.2, 0) is 0 Å². The van der Waals surface area contributed by atoms with E-state index in [0.29, 0.717) is 12.2 Å². The molecule has 0 aliphatic heterocycles. The number of unbranched alkanes of at least 4 members (excludes halogenated alkanes) is 14. The van der Waals surface area contributed by atoms with Gasteiger partial charge in [0.15, 0.2) is 5.78 Å². The molecule has 0 aliphatic carbocycles. The maximum Gasteiger partial charge on any atom is 0.162 e. The van der Waals surface area contributed by atoms with Gasteiger partial charge in [0, 0.05) is 12.0 Å².